The minimum atomic E-state index is -3.47. The van der Waals surface area contributed by atoms with Crippen LogP contribution in [0.1, 0.15) is 37.0 Å². The highest BCUT2D eigenvalue weighted by Crippen LogP contribution is 2.34. The van der Waals surface area contributed by atoms with Gasteiger partial charge in [-0.25, -0.2) is 8.42 Å². The summed E-state index contributed by atoms with van der Waals surface area (Å²) in [4.78, 5) is 0.445. The van der Waals surface area contributed by atoms with E-state index in [-0.39, 0.29) is 12.1 Å². The van der Waals surface area contributed by atoms with Crippen molar-refractivity contribution in [2.45, 2.75) is 48.4 Å². The third-order valence-electron chi connectivity index (χ3n) is 4.02. The molecule has 2 aliphatic rings. The second kappa shape index (κ2) is 6.05. The molecule has 1 aliphatic heterocycles. The molecule has 1 N–H and O–H groups in total. The highest BCUT2D eigenvalue weighted by Gasteiger charge is 2.40. The van der Waals surface area contributed by atoms with Crippen LogP contribution in [-0.4, -0.2) is 37.9 Å². The molecule has 1 aromatic rings. The number of nitriles is 1. The van der Waals surface area contributed by atoms with Crippen molar-refractivity contribution in [1.29, 1.82) is 5.26 Å². The summed E-state index contributed by atoms with van der Waals surface area (Å²) >= 11 is 1.06. The summed E-state index contributed by atoms with van der Waals surface area (Å²) in [7, 11) is -3.47. The SMILES string of the molecule is N#Cc1ccc(S(=O)(=O)N(CC2CCCCN2)C2CC2)s1. The van der Waals surface area contributed by atoms with Crippen LogP contribution in [0.15, 0.2) is 16.3 Å². The normalized spacial score (nSPS) is 23.1. The van der Waals surface area contributed by atoms with Gasteiger partial charge in [-0.15, -0.1) is 11.3 Å². The minimum absolute atomic E-state index is 0.145. The number of rotatable bonds is 5. The van der Waals surface area contributed by atoms with Crippen molar-refractivity contribution < 1.29 is 8.42 Å². The quantitative estimate of drug-likeness (QED) is 0.897. The van der Waals surface area contributed by atoms with Crippen LogP contribution in [0, 0.1) is 11.3 Å². The largest absolute Gasteiger partial charge is 0.313 e. The second-order valence-electron chi connectivity index (χ2n) is 5.68. The summed E-state index contributed by atoms with van der Waals surface area (Å²) in [6.07, 6.45) is 5.26. The predicted molar refractivity (Wildman–Crippen MR) is 81.6 cm³/mol. The van der Waals surface area contributed by atoms with E-state index in [2.05, 4.69) is 5.32 Å². The molecule has 114 valence electrons. The number of piperidine rings is 1. The maximum absolute atomic E-state index is 12.8. The van der Waals surface area contributed by atoms with Gasteiger partial charge in [0.25, 0.3) is 10.0 Å². The van der Waals surface area contributed by atoms with Crippen molar-refractivity contribution >= 4 is 21.4 Å². The fourth-order valence-electron chi connectivity index (χ4n) is 2.74. The van der Waals surface area contributed by atoms with Crippen molar-refractivity contribution in [3.63, 3.8) is 0 Å². The lowest BCUT2D eigenvalue weighted by Gasteiger charge is -2.29. The summed E-state index contributed by atoms with van der Waals surface area (Å²) < 4.78 is 27.6. The number of hydrogen-bond acceptors (Lipinski definition) is 5. The van der Waals surface area contributed by atoms with Gasteiger partial charge >= 0.3 is 0 Å². The Morgan fingerprint density at radius 2 is 2.14 bits per heavy atom. The first-order chi connectivity index (χ1) is 10.1. The van der Waals surface area contributed by atoms with Gasteiger partial charge in [0.1, 0.15) is 15.2 Å². The van der Waals surface area contributed by atoms with Gasteiger partial charge in [0.2, 0.25) is 0 Å². The first-order valence-electron chi connectivity index (χ1n) is 7.36. The summed E-state index contributed by atoms with van der Waals surface area (Å²) in [6.45, 7) is 1.52. The van der Waals surface area contributed by atoms with Gasteiger partial charge in [-0.05, 0) is 44.4 Å². The van der Waals surface area contributed by atoms with Gasteiger partial charge < -0.3 is 5.32 Å². The smallest absolute Gasteiger partial charge is 0.252 e. The Kier molecular flexibility index (Phi) is 4.31. The summed E-state index contributed by atoms with van der Waals surface area (Å²) in [5.74, 6) is 0. The molecule has 0 radical (unpaired) electrons. The molecule has 1 saturated carbocycles. The molecule has 3 rings (SSSR count). The molecule has 2 heterocycles. The molecule has 1 aromatic heterocycles. The van der Waals surface area contributed by atoms with Crippen molar-refractivity contribution in [1.82, 2.24) is 9.62 Å². The standard InChI is InChI=1S/C14H19N3O2S2/c15-9-13-6-7-14(20-13)21(18,19)17(12-4-5-12)10-11-3-1-2-8-16-11/h6-7,11-12,16H,1-5,8,10H2. The van der Waals surface area contributed by atoms with Gasteiger partial charge in [-0.2, -0.15) is 9.57 Å². The second-order valence-corrected chi connectivity index (χ2v) is 8.88. The van der Waals surface area contributed by atoms with Crippen LogP contribution >= 0.6 is 11.3 Å². The third-order valence-corrected chi connectivity index (χ3v) is 7.40. The fourth-order valence-corrected chi connectivity index (χ4v) is 5.70. The maximum Gasteiger partial charge on any atom is 0.252 e. The first kappa shape index (κ1) is 15.0. The molecule has 21 heavy (non-hydrogen) atoms. The monoisotopic (exact) mass is 325 g/mol. The zero-order valence-electron chi connectivity index (χ0n) is 11.8. The molecule has 5 nitrogen and oxygen atoms in total. The molecule has 1 unspecified atom stereocenters. The summed E-state index contributed by atoms with van der Waals surface area (Å²) in [5, 5.41) is 12.3. The van der Waals surface area contributed by atoms with Gasteiger partial charge in [0, 0.05) is 18.6 Å². The zero-order chi connectivity index (χ0) is 14.9. The van der Waals surface area contributed by atoms with E-state index in [0.717, 1.165) is 43.6 Å². The van der Waals surface area contributed by atoms with Crippen LogP contribution in [0.4, 0.5) is 0 Å². The highest BCUT2D eigenvalue weighted by molar-refractivity contribution is 7.91. The number of nitrogens with one attached hydrogen (secondary N) is 1. The van der Waals surface area contributed by atoms with Crippen molar-refractivity contribution in [2.24, 2.45) is 0 Å². The van der Waals surface area contributed by atoms with Crippen LogP contribution in [0.3, 0.4) is 0 Å². The van der Waals surface area contributed by atoms with E-state index in [9.17, 15) is 8.42 Å². The molecule has 0 amide bonds. The summed E-state index contributed by atoms with van der Waals surface area (Å²) in [6, 6.07) is 5.55. The van der Waals surface area contributed by atoms with Gasteiger partial charge in [0.05, 0.1) is 0 Å². The lowest BCUT2D eigenvalue weighted by atomic mass is 10.1. The zero-order valence-corrected chi connectivity index (χ0v) is 13.4. The van der Waals surface area contributed by atoms with Crippen molar-refractivity contribution in [3.05, 3.63) is 17.0 Å². The molecular formula is C14H19N3O2S2. The molecule has 1 aliphatic carbocycles. The van der Waals surface area contributed by atoms with Crippen LogP contribution < -0.4 is 5.32 Å². The minimum Gasteiger partial charge on any atom is -0.313 e. The van der Waals surface area contributed by atoms with E-state index < -0.39 is 10.0 Å². The average Bonchev–Trinajstić information content (AvgIpc) is 3.20. The summed E-state index contributed by atoms with van der Waals surface area (Å²) in [5.41, 5.74) is 0. The molecule has 0 bridgehead atoms. The predicted octanol–water partition coefficient (Wildman–Crippen LogP) is 1.91. The molecule has 0 aromatic carbocycles. The topological polar surface area (TPSA) is 73.2 Å². The Morgan fingerprint density at radius 1 is 1.33 bits per heavy atom. The molecule has 1 atom stereocenters. The average molecular weight is 325 g/mol. The Hall–Kier alpha value is -0.940. The van der Waals surface area contributed by atoms with Crippen molar-refractivity contribution in [3.8, 4) is 6.07 Å². The lowest BCUT2D eigenvalue weighted by Crippen LogP contribution is -2.46. The Labute approximate surface area is 129 Å². The first-order valence-corrected chi connectivity index (χ1v) is 9.62. The van der Waals surface area contributed by atoms with E-state index in [1.54, 1.807) is 16.4 Å². The number of sulfonamides is 1. The van der Waals surface area contributed by atoms with Crippen LogP contribution in [0.25, 0.3) is 0 Å². The molecule has 1 saturated heterocycles. The number of thiophene rings is 1. The van der Waals surface area contributed by atoms with Gasteiger partial charge in [-0.1, -0.05) is 6.42 Å². The van der Waals surface area contributed by atoms with E-state index in [0.29, 0.717) is 15.6 Å². The fraction of sp³-hybridized carbons (Fsp3) is 0.643. The Bertz CT molecular complexity index is 637. The highest BCUT2D eigenvalue weighted by atomic mass is 32.2. The third kappa shape index (κ3) is 3.29. The van der Waals surface area contributed by atoms with E-state index in [1.807, 2.05) is 6.07 Å². The van der Waals surface area contributed by atoms with E-state index in [1.165, 1.54) is 6.42 Å². The van der Waals surface area contributed by atoms with Gasteiger partial charge in [0.15, 0.2) is 0 Å². The Balaban J connectivity index is 1.80. The molecule has 2 fully saturated rings. The maximum atomic E-state index is 12.8. The Morgan fingerprint density at radius 3 is 2.71 bits per heavy atom. The molecule has 7 heteroatoms. The van der Waals surface area contributed by atoms with E-state index >= 15 is 0 Å². The number of hydrogen-bond donors (Lipinski definition) is 1. The van der Waals surface area contributed by atoms with E-state index in [4.69, 9.17) is 5.26 Å². The van der Waals surface area contributed by atoms with Crippen LogP contribution in [0.5, 0.6) is 0 Å². The molecule has 0 spiro atoms. The molecular weight excluding hydrogens is 306 g/mol. The number of nitrogens with zero attached hydrogens (tertiary/aromatic N) is 2. The van der Waals surface area contributed by atoms with Crippen molar-refractivity contribution in [2.75, 3.05) is 13.1 Å². The van der Waals surface area contributed by atoms with Crippen LogP contribution in [-0.2, 0) is 10.0 Å². The lowest BCUT2D eigenvalue weighted by molar-refractivity contribution is 0.308. The van der Waals surface area contributed by atoms with Gasteiger partial charge in [-0.3, -0.25) is 0 Å². The van der Waals surface area contributed by atoms with Crippen LogP contribution in [0.2, 0.25) is 0 Å².